The molecule has 0 aliphatic heterocycles. The van der Waals surface area contributed by atoms with Crippen LogP contribution in [0.1, 0.15) is 0 Å². The highest BCUT2D eigenvalue weighted by Gasteiger charge is 2.11. The third kappa shape index (κ3) is 2.03. The monoisotopic (exact) mass is 210 g/mol. The molecule has 0 radical (unpaired) electrons. The van der Waals surface area contributed by atoms with E-state index in [0.29, 0.717) is 10.6 Å². The Bertz CT molecular complexity index is 482. The highest BCUT2D eigenvalue weighted by Crippen LogP contribution is 2.23. The Balaban J connectivity index is 3.42. The second-order valence-electron chi connectivity index (χ2n) is 2.64. The second kappa shape index (κ2) is 4.11. The topological polar surface area (TPSA) is 62.4 Å². The molecule has 0 aliphatic rings. The zero-order valence-electron chi connectivity index (χ0n) is 7.93. The standard InChI is InChI=1S/C9H10N2O2S/c1-13-8-5-3-4-6-9(8)14(2,12)11-7-10/h3-6H,1-2H3. The molecule has 0 saturated heterocycles. The Morgan fingerprint density at radius 1 is 1.50 bits per heavy atom. The Morgan fingerprint density at radius 3 is 2.71 bits per heavy atom. The molecule has 0 heterocycles. The minimum absolute atomic E-state index is 0.448. The van der Waals surface area contributed by atoms with E-state index < -0.39 is 9.73 Å². The number of hydrogen-bond donors (Lipinski definition) is 0. The number of methoxy groups -OCH3 is 1. The lowest BCUT2D eigenvalue weighted by atomic mass is 10.3. The van der Waals surface area contributed by atoms with E-state index in [0.717, 1.165) is 0 Å². The van der Waals surface area contributed by atoms with E-state index in [2.05, 4.69) is 4.36 Å². The third-order valence-corrected chi connectivity index (χ3v) is 3.28. The van der Waals surface area contributed by atoms with Gasteiger partial charge in [-0.15, -0.1) is 4.36 Å². The van der Waals surface area contributed by atoms with Crippen LogP contribution in [0.3, 0.4) is 0 Å². The summed E-state index contributed by atoms with van der Waals surface area (Å²) in [4.78, 5) is 0.448. The summed E-state index contributed by atoms with van der Waals surface area (Å²) >= 11 is 0. The Labute approximate surface area is 83.3 Å². The Kier molecular flexibility index (Phi) is 3.10. The van der Waals surface area contributed by atoms with Crippen LogP contribution >= 0.6 is 0 Å². The normalized spacial score (nSPS) is 13.8. The van der Waals surface area contributed by atoms with Gasteiger partial charge in [0, 0.05) is 6.26 Å². The van der Waals surface area contributed by atoms with Crippen molar-refractivity contribution in [2.75, 3.05) is 13.4 Å². The summed E-state index contributed by atoms with van der Waals surface area (Å²) in [6.07, 6.45) is 2.96. The first-order valence-electron chi connectivity index (χ1n) is 3.85. The van der Waals surface area contributed by atoms with Gasteiger partial charge >= 0.3 is 0 Å². The molecule has 0 aromatic heterocycles. The molecule has 4 nitrogen and oxygen atoms in total. The maximum atomic E-state index is 11.9. The maximum Gasteiger partial charge on any atom is 0.214 e. The quantitative estimate of drug-likeness (QED) is 0.697. The maximum absolute atomic E-state index is 11.9. The van der Waals surface area contributed by atoms with Gasteiger partial charge in [-0.25, -0.2) is 4.21 Å². The van der Waals surface area contributed by atoms with Crippen molar-refractivity contribution in [3.63, 3.8) is 0 Å². The van der Waals surface area contributed by atoms with Gasteiger partial charge in [0.25, 0.3) is 0 Å². The first kappa shape index (κ1) is 10.5. The fourth-order valence-corrected chi connectivity index (χ4v) is 2.17. The number of ether oxygens (including phenoxy) is 1. The summed E-state index contributed by atoms with van der Waals surface area (Å²) in [5, 5.41) is 8.39. The Hall–Kier alpha value is -1.54. The average Bonchev–Trinajstić information content (AvgIpc) is 2.18. The molecule has 0 N–H and O–H groups in total. The van der Waals surface area contributed by atoms with Crippen LogP contribution in [-0.2, 0) is 9.73 Å². The van der Waals surface area contributed by atoms with Crippen LogP contribution in [0.5, 0.6) is 5.75 Å². The highest BCUT2D eigenvalue weighted by atomic mass is 32.2. The molecule has 1 aromatic rings. The fraction of sp³-hybridized carbons (Fsp3) is 0.222. The summed E-state index contributed by atoms with van der Waals surface area (Å²) in [5.41, 5.74) is 0. The van der Waals surface area contributed by atoms with Gasteiger partial charge in [-0.3, -0.25) is 0 Å². The summed E-state index contributed by atoms with van der Waals surface area (Å²) in [6, 6.07) is 6.82. The SMILES string of the molecule is COc1ccccc1S(C)(=O)=NC#N. The number of rotatable bonds is 2. The lowest BCUT2D eigenvalue weighted by molar-refractivity contribution is 0.404. The number of benzene rings is 1. The first-order valence-corrected chi connectivity index (χ1v) is 5.77. The van der Waals surface area contributed by atoms with E-state index in [-0.39, 0.29) is 0 Å². The van der Waals surface area contributed by atoms with E-state index in [1.165, 1.54) is 13.4 Å². The Morgan fingerprint density at radius 2 is 2.14 bits per heavy atom. The molecule has 1 aromatic carbocycles. The average molecular weight is 210 g/mol. The predicted octanol–water partition coefficient (Wildman–Crippen LogP) is 1.63. The summed E-state index contributed by atoms with van der Waals surface area (Å²) in [5.74, 6) is 0.485. The van der Waals surface area contributed by atoms with Gasteiger partial charge in [-0.2, -0.15) is 5.26 Å². The van der Waals surface area contributed by atoms with E-state index >= 15 is 0 Å². The van der Waals surface area contributed by atoms with Crippen molar-refractivity contribution in [1.29, 1.82) is 5.26 Å². The van der Waals surface area contributed by atoms with Crippen molar-refractivity contribution in [1.82, 2.24) is 0 Å². The molecule has 0 aliphatic carbocycles. The molecule has 1 rings (SSSR count). The van der Waals surface area contributed by atoms with Gasteiger partial charge in [0.1, 0.15) is 5.75 Å². The molecule has 0 saturated carbocycles. The molecule has 14 heavy (non-hydrogen) atoms. The van der Waals surface area contributed by atoms with Crippen LogP contribution < -0.4 is 4.74 Å². The van der Waals surface area contributed by atoms with Gasteiger partial charge in [-0.05, 0) is 12.1 Å². The van der Waals surface area contributed by atoms with Crippen LogP contribution in [0, 0.1) is 11.5 Å². The minimum atomic E-state index is -2.66. The largest absolute Gasteiger partial charge is 0.495 e. The van der Waals surface area contributed by atoms with E-state index in [1.54, 1.807) is 30.5 Å². The fourth-order valence-electron chi connectivity index (χ4n) is 1.06. The smallest absolute Gasteiger partial charge is 0.214 e. The highest BCUT2D eigenvalue weighted by molar-refractivity contribution is 7.93. The summed E-state index contributed by atoms with van der Waals surface area (Å²) in [7, 11) is -1.18. The van der Waals surface area contributed by atoms with Crippen molar-refractivity contribution in [3.05, 3.63) is 24.3 Å². The number of hydrogen-bond acceptors (Lipinski definition) is 4. The zero-order chi connectivity index (χ0) is 10.6. The van der Waals surface area contributed by atoms with Crippen LogP contribution in [0.25, 0.3) is 0 Å². The zero-order valence-corrected chi connectivity index (χ0v) is 8.75. The number of nitrogens with zero attached hydrogens (tertiary/aromatic N) is 2. The van der Waals surface area contributed by atoms with Crippen molar-refractivity contribution < 1.29 is 8.95 Å². The van der Waals surface area contributed by atoms with Crippen LogP contribution in [-0.4, -0.2) is 17.6 Å². The van der Waals surface area contributed by atoms with E-state index in [9.17, 15) is 4.21 Å². The first-order chi connectivity index (χ1) is 6.61. The molecule has 0 bridgehead atoms. The molecule has 0 fully saturated rings. The molecule has 5 heteroatoms. The minimum Gasteiger partial charge on any atom is -0.495 e. The number of nitriles is 1. The van der Waals surface area contributed by atoms with E-state index in [1.807, 2.05) is 0 Å². The van der Waals surface area contributed by atoms with E-state index in [4.69, 9.17) is 10.00 Å². The third-order valence-electron chi connectivity index (χ3n) is 1.69. The van der Waals surface area contributed by atoms with Crippen molar-refractivity contribution in [3.8, 4) is 11.9 Å². The summed E-state index contributed by atoms with van der Waals surface area (Å²) < 4.78 is 20.3. The molecular weight excluding hydrogens is 200 g/mol. The molecule has 0 spiro atoms. The molecule has 1 unspecified atom stereocenters. The molecule has 74 valence electrons. The van der Waals surface area contributed by atoms with Crippen LogP contribution in [0.2, 0.25) is 0 Å². The number of para-hydroxylation sites is 1. The van der Waals surface area contributed by atoms with Crippen LogP contribution in [0.4, 0.5) is 0 Å². The van der Waals surface area contributed by atoms with Gasteiger partial charge < -0.3 is 4.74 Å². The van der Waals surface area contributed by atoms with Gasteiger partial charge in [0.2, 0.25) is 6.19 Å². The molecule has 1 atom stereocenters. The lowest BCUT2D eigenvalue weighted by Crippen LogP contribution is -1.99. The summed E-state index contributed by atoms with van der Waals surface area (Å²) in [6.45, 7) is 0. The molecular formula is C9H10N2O2S. The molecule has 0 amide bonds. The van der Waals surface area contributed by atoms with Gasteiger partial charge in [-0.1, -0.05) is 12.1 Å². The van der Waals surface area contributed by atoms with Crippen molar-refractivity contribution in [2.24, 2.45) is 4.36 Å². The van der Waals surface area contributed by atoms with Gasteiger partial charge in [0.15, 0.2) is 0 Å². The lowest BCUT2D eigenvalue weighted by Gasteiger charge is -2.07. The second-order valence-corrected chi connectivity index (χ2v) is 4.87. The predicted molar refractivity (Wildman–Crippen MR) is 53.4 cm³/mol. The van der Waals surface area contributed by atoms with Crippen LogP contribution in [0.15, 0.2) is 33.5 Å². The van der Waals surface area contributed by atoms with Crippen molar-refractivity contribution in [2.45, 2.75) is 4.90 Å². The van der Waals surface area contributed by atoms with Gasteiger partial charge in [0.05, 0.1) is 21.7 Å². The van der Waals surface area contributed by atoms with Crippen molar-refractivity contribution >= 4 is 9.73 Å².